The normalized spacial score (nSPS) is 11.4. The Morgan fingerprint density at radius 1 is 0.231 bits per heavy atom. The first-order valence-electron chi connectivity index (χ1n) is 21.9. The Morgan fingerprint density at radius 3 is 0.969 bits per heavy atom. The van der Waals surface area contributed by atoms with Gasteiger partial charge in [-0.15, -0.1) is 0 Å². The van der Waals surface area contributed by atoms with E-state index in [1.165, 1.54) is 5.56 Å². The maximum Gasteiger partial charge on any atom is 0.137 e. The Morgan fingerprint density at radius 2 is 0.569 bits per heavy atom. The van der Waals surface area contributed by atoms with Crippen LogP contribution in [0.25, 0.3) is 55.0 Å². The summed E-state index contributed by atoms with van der Waals surface area (Å²) in [6.45, 7) is 0. The number of fused-ring (bicyclic) bond motifs is 6. The topological polar surface area (TPSA) is 36.0 Å². The van der Waals surface area contributed by atoms with Crippen LogP contribution in [0.3, 0.4) is 0 Å². The van der Waals surface area contributed by atoms with Gasteiger partial charge in [-0.3, -0.25) is 0 Å². The third-order valence-electron chi connectivity index (χ3n) is 12.2. The van der Waals surface area contributed by atoms with Gasteiger partial charge >= 0.3 is 0 Å². The maximum absolute atomic E-state index is 6.67. The van der Waals surface area contributed by atoms with Gasteiger partial charge in [-0.05, 0) is 132 Å². The molecule has 12 rings (SSSR count). The molecule has 65 heavy (non-hydrogen) atoms. The molecule has 0 N–H and O–H groups in total. The third-order valence-corrected chi connectivity index (χ3v) is 12.2. The molecule has 0 aliphatic heterocycles. The molecule has 10 aromatic carbocycles. The smallest absolute Gasteiger partial charge is 0.137 e. The van der Waals surface area contributed by atoms with Crippen LogP contribution in [0.5, 0.6) is 0 Å². The van der Waals surface area contributed by atoms with E-state index in [1.807, 2.05) is 0 Å². The zero-order chi connectivity index (χ0) is 43.1. The number of nitrogens with zero attached hydrogens (tertiary/aromatic N) is 3. The molecule has 308 valence electrons. The fourth-order valence-electron chi connectivity index (χ4n) is 9.29. The summed E-state index contributed by atoms with van der Waals surface area (Å²) in [6, 6.07) is 87.3. The largest absolute Gasteiger partial charge is 0.456 e. The summed E-state index contributed by atoms with van der Waals surface area (Å²) in [5.74, 6) is 0. The van der Waals surface area contributed by atoms with E-state index >= 15 is 0 Å². The van der Waals surface area contributed by atoms with Gasteiger partial charge in [0.1, 0.15) is 22.3 Å². The molecule has 2 aromatic heterocycles. The van der Waals surface area contributed by atoms with Crippen LogP contribution in [-0.2, 0) is 0 Å². The summed E-state index contributed by atoms with van der Waals surface area (Å²) >= 11 is 0. The predicted molar refractivity (Wildman–Crippen MR) is 270 cm³/mol. The van der Waals surface area contributed by atoms with Crippen molar-refractivity contribution in [3.63, 3.8) is 0 Å². The van der Waals surface area contributed by atoms with Crippen molar-refractivity contribution in [2.75, 3.05) is 14.7 Å². The van der Waals surface area contributed by atoms with E-state index in [0.29, 0.717) is 0 Å². The van der Waals surface area contributed by atoms with Gasteiger partial charge in [-0.1, -0.05) is 127 Å². The summed E-state index contributed by atoms with van der Waals surface area (Å²) in [7, 11) is 0. The SMILES string of the molecule is c1ccc(-c2ccc(N(c3ccc4oc5cccc(N(c6ccccc6)c6ccccc6)c5c4c3)c3ccc4oc5cccc(N(c6ccccc6)c6ccccc6)c5c4c3)cc2)cc1. The van der Waals surface area contributed by atoms with E-state index in [4.69, 9.17) is 8.83 Å². The number of anilines is 9. The Balaban J connectivity index is 1.07. The van der Waals surface area contributed by atoms with E-state index in [1.54, 1.807) is 0 Å². The minimum atomic E-state index is 0.819. The van der Waals surface area contributed by atoms with Crippen molar-refractivity contribution in [1.82, 2.24) is 0 Å². The summed E-state index contributed by atoms with van der Waals surface area (Å²) in [4.78, 5) is 6.97. The molecular formula is C60H41N3O2. The van der Waals surface area contributed by atoms with Crippen molar-refractivity contribution < 1.29 is 8.83 Å². The summed E-state index contributed by atoms with van der Waals surface area (Å²) in [6.07, 6.45) is 0. The van der Waals surface area contributed by atoms with Gasteiger partial charge in [0.2, 0.25) is 0 Å². The first-order chi connectivity index (χ1) is 32.2. The summed E-state index contributed by atoms with van der Waals surface area (Å²) < 4.78 is 13.3. The van der Waals surface area contributed by atoms with Crippen molar-refractivity contribution in [3.8, 4) is 11.1 Å². The highest BCUT2D eigenvalue weighted by Crippen LogP contribution is 2.47. The van der Waals surface area contributed by atoms with Crippen molar-refractivity contribution in [1.29, 1.82) is 0 Å². The van der Waals surface area contributed by atoms with E-state index in [-0.39, 0.29) is 0 Å². The number of rotatable bonds is 10. The molecule has 0 saturated carbocycles. The number of para-hydroxylation sites is 4. The average Bonchev–Trinajstić information content (AvgIpc) is 3.95. The van der Waals surface area contributed by atoms with Crippen LogP contribution in [0.15, 0.2) is 258 Å². The monoisotopic (exact) mass is 835 g/mol. The average molecular weight is 836 g/mol. The molecule has 0 aliphatic carbocycles. The van der Waals surface area contributed by atoms with Crippen LogP contribution in [0.4, 0.5) is 51.2 Å². The summed E-state index contributed by atoms with van der Waals surface area (Å²) in [5, 5.41) is 4.13. The molecule has 12 aromatic rings. The quantitative estimate of drug-likeness (QED) is 0.137. The van der Waals surface area contributed by atoms with Crippen LogP contribution in [-0.4, -0.2) is 0 Å². The van der Waals surface area contributed by atoms with Gasteiger partial charge in [0, 0.05) is 50.6 Å². The standard InChI is InChI=1S/C60H41N3O2/c1-6-18-42(19-7-1)43-32-34-48(35-33-43)61(49-36-38-55-51(40-49)59-53(28-16-30-57(59)64-55)62(44-20-8-2-9-21-44)45-22-10-3-11-23-45)50-37-39-56-52(41-50)60-54(29-17-31-58(60)65-56)63(46-24-12-4-13-25-46)47-26-14-5-15-27-47/h1-41H. The molecule has 5 heteroatoms. The highest BCUT2D eigenvalue weighted by Gasteiger charge is 2.24. The van der Waals surface area contributed by atoms with Gasteiger partial charge < -0.3 is 23.5 Å². The number of hydrogen-bond donors (Lipinski definition) is 0. The van der Waals surface area contributed by atoms with E-state index in [0.717, 1.165) is 101 Å². The molecule has 0 radical (unpaired) electrons. The van der Waals surface area contributed by atoms with Crippen LogP contribution in [0, 0.1) is 0 Å². The third kappa shape index (κ3) is 6.83. The van der Waals surface area contributed by atoms with E-state index < -0.39 is 0 Å². The predicted octanol–water partition coefficient (Wildman–Crippen LogP) is 17.6. The molecule has 0 atom stereocenters. The molecule has 0 amide bonds. The highest BCUT2D eigenvalue weighted by atomic mass is 16.3. The minimum absolute atomic E-state index is 0.819. The number of hydrogen-bond acceptors (Lipinski definition) is 5. The Hall–Kier alpha value is -8.80. The highest BCUT2D eigenvalue weighted by molar-refractivity contribution is 6.16. The van der Waals surface area contributed by atoms with Gasteiger partial charge in [0.05, 0.1) is 22.1 Å². The van der Waals surface area contributed by atoms with E-state index in [2.05, 4.69) is 263 Å². The number of furan rings is 2. The molecule has 0 fully saturated rings. The van der Waals surface area contributed by atoms with Crippen molar-refractivity contribution in [2.45, 2.75) is 0 Å². The van der Waals surface area contributed by atoms with Gasteiger partial charge in [-0.2, -0.15) is 0 Å². The van der Waals surface area contributed by atoms with Gasteiger partial charge in [0.15, 0.2) is 0 Å². The van der Waals surface area contributed by atoms with Gasteiger partial charge in [-0.25, -0.2) is 0 Å². The first-order valence-corrected chi connectivity index (χ1v) is 21.9. The molecular weight excluding hydrogens is 795 g/mol. The zero-order valence-corrected chi connectivity index (χ0v) is 35.3. The fourth-order valence-corrected chi connectivity index (χ4v) is 9.29. The lowest BCUT2D eigenvalue weighted by molar-refractivity contribution is 0.668. The van der Waals surface area contributed by atoms with Crippen molar-refractivity contribution >= 4 is 95.1 Å². The summed E-state index contributed by atoms with van der Waals surface area (Å²) in [5.41, 5.74) is 15.0. The second kappa shape index (κ2) is 16.2. The molecule has 0 aliphatic rings. The molecule has 0 bridgehead atoms. The minimum Gasteiger partial charge on any atom is -0.456 e. The molecule has 2 heterocycles. The second-order valence-corrected chi connectivity index (χ2v) is 16.1. The van der Waals surface area contributed by atoms with Crippen molar-refractivity contribution in [3.05, 3.63) is 249 Å². The lowest BCUT2D eigenvalue weighted by atomic mass is 10.0. The second-order valence-electron chi connectivity index (χ2n) is 16.1. The lowest BCUT2D eigenvalue weighted by Crippen LogP contribution is -2.11. The molecule has 0 spiro atoms. The first kappa shape index (κ1) is 37.9. The molecule has 0 unspecified atom stereocenters. The zero-order valence-electron chi connectivity index (χ0n) is 35.3. The lowest BCUT2D eigenvalue weighted by Gasteiger charge is -2.27. The maximum atomic E-state index is 6.67. The van der Waals surface area contributed by atoms with Crippen LogP contribution in [0.1, 0.15) is 0 Å². The number of benzene rings is 10. The van der Waals surface area contributed by atoms with Crippen LogP contribution >= 0.6 is 0 Å². The van der Waals surface area contributed by atoms with Crippen LogP contribution < -0.4 is 14.7 Å². The van der Waals surface area contributed by atoms with Crippen molar-refractivity contribution in [2.24, 2.45) is 0 Å². The van der Waals surface area contributed by atoms with Crippen LogP contribution in [0.2, 0.25) is 0 Å². The van der Waals surface area contributed by atoms with E-state index in [9.17, 15) is 0 Å². The molecule has 5 nitrogen and oxygen atoms in total. The fraction of sp³-hybridized carbons (Fsp3) is 0. The Labute approximate surface area is 376 Å². The Kier molecular flexibility index (Phi) is 9.42. The van der Waals surface area contributed by atoms with Gasteiger partial charge in [0.25, 0.3) is 0 Å². The Bertz CT molecular complexity index is 3310. The molecule has 0 saturated heterocycles.